The molecule has 0 atom stereocenters. The van der Waals surface area contributed by atoms with Crippen LogP contribution in [0, 0.1) is 0 Å². The summed E-state index contributed by atoms with van der Waals surface area (Å²) in [7, 11) is 0. The average Bonchev–Trinajstić information content (AvgIpc) is 2.17. The van der Waals surface area contributed by atoms with E-state index in [0.29, 0.717) is 11.4 Å². The number of hydrogen-bond acceptors (Lipinski definition) is 2. The molecule has 3 nitrogen and oxygen atoms in total. The summed E-state index contributed by atoms with van der Waals surface area (Å²) in [6.07, 6.45) is 1.69. The van der Waals surface area contributed by atoms with E-state index in [4.69, 9.17) is 4.74 Å². The zero-order valence-electron chi connectivity index (χ0n) is 7.04. The van der Waals surface area contributed by atoms with Gasteiger partial charge in [0.05, 0.1) is 5.69 Å². The number of anilines is 1. The minimum absolute atomic E-state index is 0.0909. The topological polar surface area (TPSA) is 38.3 Å². The van der Waals surface area contributed by atoms with Crippen molar-refractivity contribution in [1.82, 2.24) is 0 Å². The Morgan fingerprint density at radius 3 is 3.15 bits per heavy atom. The molecule has 1 N–H and O–H groups in total. The van der Waals surface area contributed by atoms with E-state index in [2.05, 4.69) is 11.9 Å². The second-order valence-electron chi connectivity index (χ2n) is 2.76. The summed E-state index contributed by atoms with van der Waals surface area (Å²) in [6.45, 7) is 3.75. The number of para-hydroxylation sites is 1. The Morgan fingerprint density at radius 1 is 1.54 bits per heavy atom. The molecule has 1 aromatic carbocycles. The molecule has 1 heterocycles. The molecule has 13 heavy (non-hydrogen) atoms. The molecule has 1 amide bonds. The van der Waals surface area contributed by atoms with Crippen LogP contribution in [0.1, 0.15) is 5.56 Å². The Kier molecular flexibility index (Phi) is 1.77. The number of ether oxygens (including phenoxy) is 1. The van der Waals surface area contributed by atoms with Crippen LogP contribution in [0.15, 0.2) is 24.8 Å². The van der Waals surface area contributed by atoms with Crippen LogP contribution < -0.4 is 10.1 Å². The van der Waals surface area contributed by atoms with Crippen molar-refractivity contribution in [2.24, 2.45) is 0 Å². The fourth-order valence-corrected chi connectivity index (χ4v) is 1.29. The Morgan fingerprint density at radius 2 is 2.38 bits per heavy atom. The van der Waals surface area contributed by atoms with Gasteiger partial charge < -0.3 is 10.1 Å². The van der Waals surface area contributed by atoms with Gasteiger partial charge in [0.1, 0.15) is 5.75 Å². The molecule has 0 bridgehead atoms. The molecule has 0 unspecified atom stereocenters. The summed E-state index contributed by atoms with van der Waals surface area (Å²) < 4.78 is 5.22. The molecule has 0 saturated heterocycles. The third-order valence-electron chi connectivity index (χ3n) is 1.90. The van der Waals surface area contributed by atoms with E-state index in [-0.39, 0.29) is 12.5 Å². The monoisotopic (exact) mass is 175 g/mol. The lowest BCUT2D eigenvalue weighted by Crippen LogP contribution is -2.25. The molecule has 3 heteroatoms. The molecule has 0 radical (unpaired) electrons. The van der Waals surface area contributed by atoms with Crippen LogP contribution >= 0.6 is 0 Å². The normalized spacial score (nSPS) is 14.0. The molecular weight excluding hydrogens is 166 g/mol. The van der Waals surface area contributed by atoms with Gasteiger partial charge in [0, 0.05) is 5.56 Å². The van der Waals surface area contributed by atoms with Crippen LogP contribution in [0.25, 0.3) is 6.08 Å². The number of amides is 1. The lowest BCUT2D eigenvalue weighted by molar-refractivity contribution is -0.118. The van der Waals surface area contributed by atoms with Gasteiger partial charge in [0.25, 0.3) is 5.91 Å². The Bertz CT molecular complexity index is 371. The zero-order valence-corrected chi connectivity index (χ0v) is 7.04. The van der Waals surface area contributed by atoms with Gasteiger partial charge >= 0.3 is 0 Å². The number of rotatable bonds is 1. The second-order valence-corrected chi connectivity index (χ2v) is 2.76. The first-order valence-corrected chi connectivity index (χ1v) is 3.99. The van der Waals surface area contributed by atoms with Gasteiger partial charge in [-0.3, -0.25) is 4.79 Å². The van der Waals surface area contributed by atoms with Crippen LogP contribution in [0.4, 0.5) is 5.69 Å². The van der Waals surface area contributed by atoms with E-state index < -0.39 is 0 Å². The summed E-state index contributed by atoms with van der Waals surface area (Å²) in [4.78, 5) is 11.0. The highest BCUT2D eigenvalue weighted by molar-refractivity contribution is 5.97. The lowest BCUT2D eigenvalue weighted by atomic mass is 10.1. The Labute approximate surface area is 76.0 Å². The third-order valence-corrected chi connectivity index (χ3v) is 1.90. The molecule has 0 fully saturated rings. The average molecular weight is 175 g/mol. The number of hydrogen-bond donors (Lipinski definition) is 1. The first kappa shape index (κ1) is 7.86. The molecule has 0 saturated carbocycles. The van der Waals surface area contributed by atoms with Gasteiger partial charge in [-0.2, -0.15) is 0 Å². The van der Waals surface area contributed by atoms with Crippen LogP contribution in [-0.2, 0) is 4.79 Å². The predicted molar refractivity (Wildman–Crippen MR) is 50.7 cm³/mol. The molecule has 1 aliphatic heterocycles. The largest absolute Gasteiger partial charge is 0.482 e. The van der Waals surface area contributed by atoms with Crippen molar-refractivity contribution in [3.05, 3.63) is 30.3 Å². The summed E-state index contributed by atoms with van der Waals surface area (Å²) in [6, 6.07) is 5.57. The van der Waals surface area contributed by atoms with E-state index in [9.17, 15) is 4.79 Å². The first-order chi connectivity index (χ1) is 6.31. The number of carbonyl (C=O) groups excluding carboxylic acids is 1. The molecule has 2 rings (SSSR count). The van der Waals surface area contributed by atoms with Gasteiger partial charge in [-0.1, -0.05) is 24.8 Å². The van der Waals surface area contributed by atoms with E-state index in [0.717, 1.165) is 5.56 Å². The molecule has 1 aromatic rings. The Balaban J connectivity index is 2.52. The van der Waals surface area contributed by atoms with E-state index in [1.807, 2.05) is 18.2 Å². The second kappa shape index (κ2) is 2.94. The minimum Gasteiger partial charge on any atom is -0.482 e. The smallest absolute Gasteiger partial charge is 0.262 e. The molecule has 0 spiro atoms. The molecule has 66 valence electrons. The highest BCUT2D eigenvalue weighted by Crippen LogP contribution is 2.31. The number of nitrogens with one attached hydrogen (secondary N) is 1. The maximum atomic E-state index is 11.0. The van der Waals surface area contributed by atoms with Gasteiger partial charge in [-0.15, -0.1) is 0 Å². The van der Waals surface area contributed by atoms with Gasteiger partial charge in [0.15, 0.2) is 6.61 Å². The standard InChI is InChI=1S/C10H9NO2/c1-2-7-4-3-5-8-10(7)11-9(12)6-13-8/h2-5H,1,6H2,(H,11,12). The van der Waals surface area contributed by atoms with Crippen LogP contribution in [0.3, 0.4) is 0 Å². The van der Waals surface area contributed by atoms with Gasteiger partial charge in [0.2, 0.25) is 0 Å². The van der Waals surface area contributed by atoms with Crippen molar-refractivity contribution in [2.45, 2.75) is 0 Å². The van der Waals surface area contributed by atoms with E-state index in [1.165, 1.54) is 0 Å². The highest BCUT2D eigenvalue weighted by atomic mass is 16.5. The highest BCUT2D eigenvalue weighted by Gasteiger charge is 2.16. The maximum absolute atomic E-state index is 11.0. The minimum atomic E-state index is -0.123. The SMILES string of the molecule is C=Cc1cccc2c1NC(=O)CO2. The van der Waals surface area contributed by atoms with Crippen molar-refractivity contribution in [2.75, 3.05) is 11.9 Å². The summed E-state index contributed by atoms with van der Waals surface area (Å²) in [5, 5.41) is 2.74. The number of benzene rings is 1. The van der Waals surface area contributed by atoms with Crippen molar-refractivity contribution in [3.63, 3.8) is 0 Å². The van der Waals surface area contributed by atoms with Crippen molar-refractivity contribution >= 4 is 17.7 Å². The Hall–Kier alpha value is -1.77. The van der Waals surface area contributed by atoms with Gasteiger partial charge in [-0.05, 0) is 6.07 Å². The van der Waals surface area contributed by atoms with Crippen LogP contribution in [-0.4, -0.2) is 12.5 Å². The van der Waals surface area contributed by atoms with Crippen LogP contribution in [0.2, 0.25) is 0 Å². The van der Waals surface area contributed by atoms with Crippen molar-refractivity contribution < 1.29 is 9.53 Å². The lowest BCUT2D eigenvalue weighted by Gasteiger charge is -2.19. The van der Waals surface area contributed by atoms with Gasteiger partial charge in [-0.25, -0.2) is 0 Å². The maximum Gasteiger partial charge on any atom is 0.262 e. The van der Waals surface area contributed by atoms with E-state index in [1.54, 1.807) is 6.08 Å². The molecule has 1 aliphatic rings. The van der Waals surface area contributed by atoms with E-state index >= 15 is 0 Å². The van der Waals surface area contributed by atoms with Crippen LogP contribution in [0.5, 0.6) is 5.75 Å². The quantitative estimate of drug-likeness (QED) is 0.704. The van der Waals surface area contributed by atoms with Crippen molar-refractivity contribution in [3.8, 4) is 5.75 Å². The molecular formula is C10H9NO2. The molecule has 0 aromatic heterocycles. The first-order valence-electron chi connectivity index (χ1n) is 3.99. The molecule has 0 aliphatic carbocycles. The zero-order chi connectivity index (χ0) is 9.26. The van der Waals surface area contributed by atoms with Crippen molar-refractivity contribution in [1.29, 1.82) is 0 Å². The third kappa shape index (κ3) is 1.28. The summed E-state index contributed by atoms with van der Waals surface area (Å²) in [5.74, 6) is 0.582. The summed E-state index contributed by atoms with van der Waals surface area (Å²) >= 11 is 0. The fourth-order valence-electron chi connectivity index (χ4n) is 1.29. The number of fused-ring (bicyclic) bond motifs is 1. The number of carbonyl (C=O) groups is 1. The predicted octanol–water partition coefficient (Wildman–Crippen LogP) is 1.66. The fraction of sp³-hybridized carbons (Fsp3) is 0.100. The summed E-state index contributed by atoms with van der Waals surface area (Å²) in [5.41, 5.74) is 1.60.